The fourth-order valence-electron chi connectivity index (χ4n) is 2.15. The van der Waals surface area contributed by atoms with Crippen LogP contribution in [0.2, 0.25) is 0 Å². The first-order valence-electron chi connectivity index (χ1n) is 7.93. The van der Waals surface area contributed by atoms with Crippen molar-refractivity contribution in [2.24, 2.45) is 0 Å². The van der Waals surface area contributed by atoms with E-state index in [-0.39, 0.29) is 19.2 Å². The zero-order valence-corrected chi connectivity index (χ0v) is 18.4. The monoisotopic (exact) mass is 642 g/mol. The first kappa shape index (κ1) is 41.2. The van der Waals surface area contributed by atoms with E-state index in [0.717, 1.165) is 0 Å². The van der Waals surface area contributed by atoms with Crippen molar-refractivity contribution in [2.45, 2.75) is 73.0 Å². The fourth-order valence-corrected chi connectivity index (χ4v) is 2.70. The topological polar surface area (TPSA) is 137 Å². The highest BCUT2D eigenvalue weighted by Crippen LogP contribution is 2.65. The molecule has 1 atom stereocenters. The van der Waals surface area contributed by atoms with Crippen molar-refractivity contribution in [3.8, 4) is 0 Å². The molecule has 0 aromatic carbocycles. The van der Waals surface area contributed by atoms with Crippen LogP contribution in [0.3, 0.4) is 0 Å². The third kappa shape index (κ3) is 6.05. The van der Waals surface area contributed by atoms with E-state index in [9.17, 15) is 88.0 Å². The Morgan fingerprint density at radius 1 is 0.553 bits per heavy atom. The molecule has 26 heteroatoms. The molecule has 0 rings (SSSR count). The predicted octanol–water partition coefficient (Wildman–Crippen LogP) is 6.84. The number of hydrogen-bond donors (Lipinski definition) is 4. The zero-order chi connectivity index (χ0) is 30.0. The molecule has 0 aliphatic carbocycles. The highest BCUT2D eigenvalue weighted by atomic mass is 31.2. The van der Waals surface area contributed by atoms with Crippen molar-refractivity contribution in [3.63, 3.8) is 0 Å². The molecule has 8 N–H and O–H groups in total. The molecule has 0 saturated carbocycles. The van der Waals surface area contributed by atoms with Gasteiger partial charge in [0.1, 0.15) is 0 Å². The average Bonchev–Trinajstić information content (AvgIpc) is 2.57. The van der Waals surface area contributed by atoms with Crippen LogP contribution in [0, 0.1) is 0 Å². The predicted molar refractivity (Wildman–Crippen MR) is 82.9 cm³/mol. The van der Waals surface area contributed by atoms with Gasteiger partial charge in [0, 0.05) is 6.42 Å². The molecule has 1 unspecified atom stereocenters. The Morgan fingerprint density at radius 3 is 1.03 bits per heavy atom. The maximum Gasteiger partial charge on any atom is 0.469 e. The molecule has 0 bridgehead atoms. The van der Waals surface area contributed by atoms with Gasteiger partial charge in [0.25, 0.3) is 0 Å². The van der Waals surface area contributed by atoms with E-state index < -0.39 is 73.9 Å². The van der Waals surface area contributed by atoms with Crippen LogP contribution in [-0.2, 0) is 9.09 Å². The molecule has 6 nitrogen and oxygen atoms in total. The molecule has 0 aliphatic heterocycles. The van der Waals surface area contributed by atoms with E-state index in [2.05, 4.69) is 4.52 Å². The molecule has 0 radical (unpaired) electrons. The number of phosphoric ester groups is 1. The minimum atomic E-state index is -9.03. The third-order valence-corrected chi connectivity index (χ3v) is 4.68. The number of hydrogen-bond acceptors (Lipinski definition) is 4. The van der Waals surface area contributed by atoms with Gasteiger partial charge in [-0.3, -0.25) is 4.52 Å². The van der Waals surface area contributed by atoms with Gasteiger partial charge in [-0.15, -0.1) is 0 Å². The Hall–Kier alpha value is -1.30. The molecule has 0 heterocycles. The van der Waals surface area contributed by atoms with Gasteiger partial charge in [0.2, 0.25) is 0 Å². The summed E-state index contributed by atoms with van der Waals surface area (Å²) in [6, 6.07) is 0. The zero-order valence-electron chi connectivity index (χ0n) is 17.5. The molecule has 0 aromatic heterocycles. The molecule has 0 saturated heterocycles. The Morgan fingerprint density at radius 2 is 0.789 bits per heavy atom. The van der Waals surface area contributed by atoms with Crippen molar-refractivity contribution in [1.82, 2.24) is 12.3 Å². The van der Waals surface area contributed by atoms with Crippen molar-refractivity contribution in [2.75, 3.05) is 0 Å². The standard InChI is InChI=1S/C12H8F19O4P.2H3N/c1-3(35-36(32,33)34)2-4(13,14)5(15,16)6(17,18)7(19,20)8(21,22)9(23,24)10(25,26)11(27,28)12(29,30)31;;/h3H,2H2,1H3,(H2,32,33,34);2*1H3. The Balaban J connectivity index is -0.00000612. The van der Waals surface area contributed by atoms with Crippen LogP contribution in [0.15, 0.2) is 0 Å². The normalized spacial score (nSPS) is 16.5. The van der Waals surface area contributed by atoms with Crippen LogP contribution in [0.4, 0.5) is 83.4 Å². The second-order valence-corrected chi connectivity index (χ2v) is 8.03. The van der Waals surface area contributed by atoms with Crippen molar-refractivity contribution < 1.29 is 102 Å². The highest BCUT2D eigenvalue weighted by molar-refractivity contribution is 7.46. The molecular weight excluding hydrogens is 628 g/mol. The number of alkyl halides is 19. The Kier molecular flexibility index (Phi) is 11.5. The summed E-state index contributed by atoms with van der Waals surface area (Å²) in [5, 5.41) is 0. The summed E-state index contributed by atoms with van der Waals surface area (Å²) < 4.78 is 263. The summed E-state index contributed by atoms with van der Waals surface area (Å²) in [5.41, 5.74) is 0. The van der Waals surface area contributed by atoms with E-state index >= 15 is 0 Å². The minimum absolute atomic E-state index is 0. The number of halogens is 19. The van der Waals surface area contributed by atoms with E-state index in [1.807, 2.05) is 0 Å². The van der Waals surface area contributed by atoms with E-state index in [1.165, 1.54) is 0 Å². The largest absolute Gasteiger partial charge is 0.469 e. The third-order valence-electron chi connectivity index (χ3n) is 4.04. The molecule has 0 aliphatic rings. The Labute approximate surface area is 196 Å². The van der Waals surface area contributed by atoms with Crippen molar-refractivity contribution in [3.05, 3.63) is 0 Å². The lowest BCUT2D eigenvalue weighted by molar-refractivity contribution is -0.469. The van der Waals surface area contributed by atoms with Gasteiger partial charge >= 0.3 is 61.4 Å². The molecule has 234 valence electrons. The summed E-state index contributed by atoms with van der Waals surface area (Å²) in [5.74, 6) is -67.7. The van der Waals surface area contributed by atoms with Gasteiger partial charge < -0.3 is 22.1 Å². The second-order valence-electron chi connectivity index (χ2n) is 6.83. The van der Waals surface area contributed by atoms with Crippen LogP contribution >= 0.6 is 7.82 Å². The van der Waals surface area contributed by atoms with E-state index in [0.29, 0.717) is 0 Å². The number of rotatable bonds is 11. The summed E-state index contributed by atoms with van der Waals surface area (Å²) in [4.78, 5) is 16.5. The maximum absolute atomic E-state index is 13.6. The van der Waals surface area contributed by atoms with Gasteiger partial charge in [0.15, 0.2) is 0 Å². The quantitative estimate of drug-likeness (QED) is 0.144. The molecule has 0 fully saturated rings. The van der Waals surface area contributed by atoms with Gasteiger partial charge in [-0.25, -0.2) is 4.57 Å². The van der Waals surface area contributed by atoms with E-state index in [1.54, 1.807) is 0 Å². The van der Waals surface area contributed by atoms with Crippen LogP contribution in [0.5, 0.6) is 0 Å². The number of phosphoric acid groups is 1. The van der Waals surface area contributed by atoms with Crippen LogP contribution in [0.1, 0.15) is 13.3 Å². The minimum Gasteiger partial charge on any atom is -0.344 e. The average molecular weight is 642 g/mol. The lowest BCUT2D eigenvalue weighted by Gasteiger charge is -2.44. The van der Waals surface area contributed by atoms with Gasteiger partial charge in [-0.2, -0.15) is 83.4 Å². The van der Waals surface area contributed by atoms with Gasteiger partial charge in [0.05, 0.1) is 6.10 Å². The lowest BCUT2D eigenvalue weighted by atomic mass is 9.86. The summed E-state index contributed by atoms with van der Waals surface area (Å²) in [6.45, 7) is -0.0398. The molecule has 0 amide bonds. The van der Waals surface area contributed by atoms with Crippen molar-refractivity contribution in [1.29, 1.82) is 0 Å². The highest BCUT2D eigenvalue weighted by Gasteiger charge is 2.96. The first-order chi connectivity index (χ1) is 15.1. The summed E-state index contributed by atoms with van der Waals surface area (Å²) in [6.07, 6.45) is -14.2. The van der Waals surface area contributed by atoms with Crippen molar-refractivity contribution >= 4 is 7.82 Å². The van der Waals surface area contributed by atoms with E-state index in [4.69, 9.17) is 9.79 Å². The fraction of sp³-hybridized carbons (Fsp3) is 1.00. The smallest absolute Gasteiger partial charge is 0.344 e. The second kappa shape index (κ2) is 10.6. The molecule has 38 heavy (non-hydrogen) atoms. The summed E-state index contributed by atoms with van der Waals surface area (Å²) in [7, 11) is -5.91. The molecule has 0 aromatic rings. The first-order valence-corrected chi connectivity index (χ1v) is 9.46. The van der Waals surface area contributed by atoms with Crippen LogP contribution in [0.25, 0.3) is 0 Å². The van der Waals surface area contributed by atoms with Gasteiger partial charge in [-0.1, -0.05) is 0 Å². The molecular formula is C12H14F19N2O4P. The lowest BCUT2D eigenvalue weighted by Crippen LogP contribution is -2.75. The summed E-state index contributed by atoms with van der Waals surface area (Å²) >= 11 is 0. The Bertz CT molecular complexity index is 855. The SMILES string of the molecule is CC(CC(F)(F)C(F)(F)C(F)(F)C(F)(F)C(F)(F)C(F)(F)C(F)(F)C(F)(F)C(F)(F)F)OP(=O)(O)O.N.N. The van der Waals surface area contributed by atoms with Crippen LogP contribution < -0.4 is 12.3 Å². The van der Waals surface area contributed by atoms with Crippen LogP contribution in [-0.4, -0.2) is 69.4 Å². The maximum atomic E-state index is 13.6. The van der Waals surface area contributed by atoms with Gasteiger partial charge in [-0.05, 0) is 6.92 Å². The molecule has 0 spiro atoms.